The summed E-state index contributed by atoms with van der Waals surface area (Å²) in [5.74, 6) is 0.0888. The summed E-state index contributed by atoms with van der Waals surface area (Å²) >= 11 is 1.10. The Morgan fingerprint density at radius 2 is 1.96 bits per heavy atom. The van der Waals surface area contributed by atoms with Crippen molar-refractivity contribution in [1.82, 2.24) is 14.9 Å². The molecular weight excluding hydrogens is 314 g/mol. The molecule has 3 rings (SSSR count). The number of benzene rings is 1. The molecule has 0 unspecified atom stereocenters. The van der Waals surface area contributed by atoms with Crippen LogP contribution in [0.5, 0.6) is 0 Å². The van der Waals surface area contributed by atoms with Crippen molar-refractivity contribution in [3.63, 3.8) is 0 Å². The Morgan fingerprint density at radius 3 is 2.70 bits per heavy atom. The monoisotopic (exact) mass is 329 g/mol. The molecule has 0 fully saturated rings. The van der Waals surface area contributed by atoms with Gasteiger partial charge >= 0.3 is 5.97 Å². The number of carbonyl (C=O) groups is 2. The molecule has 0 aliphatic heterocycles. The molecule has 0 saturated carbocycles. The number of esters is 1. The van der Waals surface area contributed by atoms with Crippen LogP contribution in [0.4, 0.5) is 0 Å². The summed E-state index contributed by atoms with van der Waals surface area (Å²) in [6.07, 6.45) is 0. The van der Waals surface area contributed by atoms with Crippen LogP contribution < -0.4 is 5.32 Å². The fourth-order valence-corrected chi connectivity index (χ4v) is 3.11. The molecule has 0 spiro atoms. The number of nitrogens with one attached hydrogen (secondary N) is 1. The van der Waals surface area contributed by atoms with Gasteiger partial charge in [-0.25, -0.2) is 9.78 Å². The average Bonchev–Trinajstić information content (AvgIpc) is 3.18. The molecular formula is C16H15N3O3S. The van der Waals surface area contributed by atoms with E-state index in [1.807, 2.05) is 35.9 Å². The fraction of sp³-hybridized carbons (Fsp3) is 0.188. The second-order valence-corrected chi connectivity index (χ2v) is 6.00. The van der Waals surface area contributed by atoms with Crippen LogP contribution in [0.2, 0.25) is 0 Å². The Balaban J connectivity index is 1.72. The van der Waals surface area contributed by atoms with Gasteiger partial charge in [0.05, 0.1) is 29.6 Å². The number of methoxy groups -OCH3 is 1. The van der Waals surface area contributed by atoms with Crippen molar-refractivity contribution in [3.05, 3.63) is 52.0 Å². The van der Waals surface area contributed by atoms with Crippen molar-refractivity contribution in [2.24, 2.45) is 7.05 Å². The summed E-state index contributed by atoms with van der Waals surface area (Å²) in [5, 5.41) is 2.82. The van der Waals surface area contributed by atoms with Gasteiger partial charge in [0, 0.05) is 7.05 Å². The number of nitrogens with zero attached hydrogens (tertiary/aromatic N) is 2. The summed E-state index contributed by atoms with van der Waals surface area (Å²) in [7, 11) is 3.23. The zero-order chi connectivity index (χ0) is 16.4. The van der Waals surface area contributed by atoms with Gasteiger partial charge in [0.15, 0.2) is 0 Å². The number of ether oxygens (including phenoxy) is 1. The first-order valence-electron chi connectivity index (χ1n) is 6.97. The summed E-state index contributed by atoms with van der Waals surface area (Å²) in [6.45, 7) is 0.315. The van der Waals surface area contributed by atoms with E-state index >= 15 is 0 Å². The van der Waals surface area contributed by atoms with Crippen molar-refractivity contribution in [1.29, 1.82) is 0 Å². The molecule has 0 bridgehead atoms. The zero-order valence-corrected chi connectivity index (χ0v) is 13.5. The van der Waals surface area contributed by atoms with Gasteiger partial charge in [-0.15, -0.1) is 11.3 Å². The summed E-state index contributed by atoms with van der Waals surface area (Å²) < 4.78 is 6.58. The number of hydrogen-bond acceptors (Lipinski definition) is 5. The number of thiophene rings is 1. The number of carbonyl (C=O) groups excluding carboxylic acids is 2. The summed E-state index contributed by atoms with van der Waals surface area (Å²) in [4.78, 5) is 29.0. The Morgan fingerprint density at radius 1 is 1.22 bits per heavy atom. The zero-order valence-electron chi connectivity index (χ0n) is 12.7. The van der Waals surface area contributed by atoms with Crippen molar-refractivity contribution in [3.8, 4) is 0 Å². The molecule has 0 atom stereocenters. The summed E-state index contributed by atoms with van der Waals surface area (Å²) in [5.41, 5.74) is 1.91. The normalized spacial score (nSPS) is 10.7. The molecule has 0 radical (unpaired) electrons. The number of aryl methyl sites for hydroxylation is 1. The number of rotatable bonds is 4. The first-order valence-corrected chi connectivity index (χ1v) is 7.78. The third kappa shape index (κ3) is 2.95. The minimum absolute atomic E-state index is 0.239. The van der Waals surface area contributed by atoms with Gasteiger partial charge in [0.1, 0.15) is 10.7 Å². The van der Waals surface area contributed by atoms with E-state index < -0.39 is 5.97 Å². The van der Waals surface area contributed by atoms with E-state index in [-0.39, 0.29) is 5.91 Å². The number of fused-ring (bicyclic) bond motifs is 1. The van der Waals surface area contributed by atoms with Crippen LogP contribution in [-0.4, -0.2) is 28.5 Å². The van der Waals surface area contributed by atoms with Crippen molar-refractivity contribution >= 4 is 34.2 Å². The highest BCUT2D eigenvalue weighted by Crippen LogP contribution is 2.18. The van der Waals surface area contributed by atoms with Crippen LogP contribution >= 0.6 is 11.3 Å². The number of para-hydroxylation sites is 2. The second-order valence-electron chi connectivity index (χ2n) is 4.91. The maximum atomic E-state index is 12.2. The van der Waals surface area contributed by atoms with Gasteiger partial charge in [-0.05, 0) is 24.3 Å². The lowest BCUT2D eigenvalue weighted by Gasteiger charge is -2.04. The van der Waals surface area contributed by atoms with E-state index in [9.17, 15) is 9.59 Å². The molecule has 0 aliphatic rings. The fourth-order valence-electron chi connectivity index (χ4n) is 2.27. The number of hydrogen-bond donors (Lipinski definition) is 1. The molecule has 2 aromatic heterocycles. The van der Waals surface area contributed by atoms with E-state index in [1.165, 1.54) is 7.11 Å². The standard InChI is InChI=1S/C16H15N3O3S/c1-19-11-6-4-3-5-10(11)18-14(19)9-17-15(20)12-7-8-13(23-12)16(21)22-2/h3-8H,9H2,1-2H3,(H,17,20). The maximum absolute atomic E-state index is 12.2. The first kappa shape index (κ1) is 15.2. The first-order chi connectivity index (χ1) is 11.1. The van der Waals surface area contributed by atoms with Crippen LogP contribution in [-0.2, 0) is 18.3 Å². The largest absolute Gasteiger partial charge is 0.465 e. The molecule has 0 saturated heterocycles. The lowest BCUT2D eigenvalue weighted by Crippen LogP contribution is -2.23. The van der Waals surface area contributed by atoms with Crippen LogP contribution in [0.15, 0.2) is 36.4 Å². The Hall–Kier alpha value is -2.67. The molecule has 118 valence electrons. The molecule has 23 heavy (non-hydrogen) atoms. The van der Waals surface area contributed by atoms with E-state index in [0.29, 0.717) is 16.3 Å². The molecule has 1 N–H and O–H groups in total. The topological polar surface area (TPSA) is 73.2 Å². The van der Waals surface area contributed by atoms with Crippen molar-refractivity contribution in [2.75, 3.05) is 7.11 Å². The average molecular weight is 329 g/mol. The predicted molar refractivity (Wildman–Crippen MR) is 87.5 cm³/mol. The Kier molecular flexibility index (Phi) is 4.12. The Labute approximate surface area is 136 Å². The van der Waals surface area contributed by atoms with Gasteiger partial charge in [-0.2, -0.15) is 0 Å². The third-order valence-corrected chi connectivity index (χ3v) is 4.57. The van der Waals surface area contributed by atoms with E-state index in [4.69, 9.17) is 0 Å². The van der Waals surface area contributed by atoms with Crippen LogP contribution in [0.3, 0.4) is 0 Å². The highest BCUT2D eigenvalue weighted by atomic mass is 32.1. The molecule has 3 aromatic rings. The predicted octanol–water partition coefficient (Wildman–Crippen LogP) is 2.35. The van der Waals surface area contributed by atoms with Crippen LogP contribution in [0, 0.1) is 0 Å². The van der Waals surface area contributed by atoms with Crippen LogP contribution in [0.25, 0.3) is 11.0 Å². The molecule has 2 heterocycles. The van der Waals surface area contributed by atoms with Gasteiger partial charge < -0.3 is 14.6 Å². The molecule has 7 heteroatoms. The summed E-state index contributed by atoms with van der Waals surface area (Å²) in [6, 6.07) is 11.0. The molecule has 1 aromatic carbocycles. The Bertz CT molecular complexity index is 882. The van der Waals surface area contributed by atoms with Crippen molar-refractivity contribution < 1.29 is 14.3 Å². The minimum atomic E-state index is -0.440. The van der Waals surface area contributed by atoms with Crippen molar-refractivity contribution in [2.45, 2.75) is 6.54 Å². The number of imidazole rings is 1. The lowest BCUT2D eigenvalue weighted by molar-refractivity contribution is 0.0606. The minimum Gasteiger partial charge on any atom is -0.465 e. The molecule has 1 amide bonds. The lowest BCUT2D eigenvalue weighted by atomic mass is 10.3. The van der Waals surface area contributed by atoms with Gasteiger partial charge in [0.2, 0.25) is 0 Å². The number of amides is 1. The van der Waals surface area contributed by atoms with E-state index in [1.54, 1.807) is 12.1 Å². The SMILES string of the molecule is COC(=O)c1ccc(C(=O)NCc2nc3ccccc3n2C)s1. The molecule has 6 nitrogen and oxygen atoms in total. The van der Waals surface area contributed by atoms with E-state index in [2.05, 4.69) is 15.0 Å². The van der Waals surface area contributed by atoms with Gasteiger partial charge in [-0.1, -0.05) is 12.1 Å². The quantitative estimate of drug-likeness (QED) is 0.746. The van der Waals surface area contributed by atoms with Crippen LogP contribution in [0.1, 0.15) is 25.2 Å². The van der Waals surface area contributed by atoms with Gasteiger partial charge in [0.25, 0.3) is 5.91 Å². The van der Waals surface area contributed by atoms with E-state index in [0.717, 1.165) is 28.2 Å². The van der Waals surface area contributed by atoms with Gasteiger partial charge in [-0.3, -0.25) is 4.79 Å². The molecule has 0 aliphatic carbocycles. The smallest absolute Gasteiger partial charge is 0.348 e. The highest BCUT2D eigenvalue weighted by Gasteiger charge is 2.15. The third-order valence-electron chi connectivity index (χ3n) is 3.50. The number of aromatic nitrogens is 2. The highest BCUT2D eigenvalue weighted by molar-refractivity contribution is 7.15. The maximum Gasteiger partial charge on any atom is 0.348 e. The second kappa shape index (κ2) is 6.21.